The molecule has 2 aromatic carbocycles. The fourth-order valence-electron chi connectivity index (χ4n) is 4.04. The summed E-state index contributed by atoms with van der Waals surface area (Å²) < 4.78 is 1.98. The predicted octanol–water partition coefficient (Wildman–Crippen LogP) is 4.32. The van der Waals surface area contributed by atoms with Gasteiger partial charge < -0.3 is 9.88 Å². The Bertz CT molecular complexity index is 1150. The van der Waals surface area contributed by atoms with Gasteiger partial charge in [-0.1, -0.05) is 30.3 Å². The molecule has 4 rings (SSSR count). The minimum Gasteiger partial charge on any atom is -0.336 e. The smallest absolute Gasteiger partial charge is 0.262 e. The van der Waals surface area contributed by atoms with Gasteiger partial charge in [0.1, 0.15) is 0 Å². The minimum absolute atomic E-state index is 0.0201. The molecule has 29 heavy (non-hydrogen) atoms. The van der Waals surface area contributed by atoms with E-state index in [4.69, 9.17) is 12.2 Å². The number of H-pyrrole nitrogens is 1. The van der Waals surface area contributed by atoms with Crippen molar-refractivity contribution in [2.24, 2.45) is 0 Å². The number of nitrogens with zero attached hydrogens (tertiary/aromatic N) is 2. The third kappa shape index (κ3) is 4.03. The van der Waals surface area contributed by atoms with E-state index in [9.17, 15) is 9.59 Å². The van der Waals surface area contributed by atoms with E-state index in [1.54, 1.807) is 22.8 Å². The van der Waals surface area contributed by atoms with Gasteiger partial charge in [-0.2, -0.15) is 0 Å². The van der Waals surface area contributed by atoms with Gasteiger partial charge >= 0.3 is 0 Å². The molecule has 3 aromatic rings. The minimum atomic E-state index is -0.120. The van der Waals surface area contributed by atoms with Gasteiger partial charge in [-0.05, 0) is 68.6 Å². The van der Waals surface area contributed by atoms with Crippen LogP contribution in [-0.2, 0) is 13.0 Å². The largest absolute Gasteiger partial charge is 0.336 e. The SMILES string of the molecule is CC1CCCCN1C(=O)c1ccc2c(=O)n(CCc3ccccc3)c(=S)[nH]c2c1. The molecule has 0 bridgehead atoms. The number of rotatable bonds is 4. The normalized spacial score (nSPS) is 16.9. The Labute approximate surface area is 175 Å². The van der Waals surface area contributed by atoms with Crippen molar-refractivity contribution in [2.75, 3.05) is 6.54 Å². The predicted molar refractivity (Wildman–Crippen MR) is 118 cm³/mol. The van der Waals surface area contributed by atoms with E-state index in [0.717, 1.165) is 37.8 Å². The monoisotopic (exact) mass is 407 g/mol. The lowest BCUT2D eigenvalue weighted by molar-refractivity contribution is 0.0636. The Hall–Kier alpha value is -2.73. The molecule has 0 aliphatic carbocycles. The van der Waals surface area contributed by atoms with Crippen molar-refractivity contribution in [3.05, 3.63) is 74.8 Å². The average Bonchev–Trinajstić information content (AvgIpc) is 2.74. The van der Waals surface area contributed by atoms with Crippen LogP contribution in [0.15, 0.2) is 53.3 Å². The van der Waals surface area contributed by atoms with Crippen LogP contribution in [0.3, 0.4) is 0 Å². The summed E-state index contributed by atoms with van der Waals surface area (Å²) in [6.45, 7) is 3.40. The Balaban J connectivity index is 1.64. The number of aryl methyl sites for hydroxylation is 1. The van der Waals surface area contributed by atoms with E-state index >= 15 is 0 Å². The highest BCUT2D eigenvalue weighted by atomic mass is 32.1. The summed E-state index contributed by atoms with van der Waals surface area (Å²) in [5, 5.41) is 0.551. The number of likely N-dealkylation sites (tertiary alicyclic amines) is 1. The molecule has 2 heterocycles. The van der Waals surface area contributed by atoms with Crippen LogP contribution in [0, 0.1) is 4.77 Å². The maximum Gasteiger partial charge on any atom is 0.262 e. The van der Waals surface area contributed by atoms with Gasteiger partial charge in [-0.3, -0.25) is 14.2 Å². The first-order valence-corrected chi connectivity index (χ1v) is 10.6. The topological polar surface area (TPSA) is 58.1 Å². The molecule has 1 amide bonds. The van der Waals surface area contributed by atoms with Crippen molar-refractivity contribution in [1.82, 2.24) is 14.5 Å². The summed E-state index contributed by atoms with van der Waals surface area (Å²) in [7, 11) is 0. The fourth-order valence-corrected chi connectivity index (χ4v) is 4.33. The third-order valence-corrected chi connectivity index (χ3v) is 6.08. The number of aromatic amines is 1. The second kappa shape index (κ2) is 8.33. The zero-order valence-electron chi connectivity index (χ0n) is 16.6. The first-order chi connectivity index (χ1) is 14.0. The van der Waals surface area contributed by atoms with E-state index in [-0.39, 0.29) is 17.5 Å². The van der Waals surface area contributed by atoms with Gasteiger partial charge in [0, 0.05) is 24.7 Å². The first-order valence-electron chi connectivity index (χ1n) is 10.2. The van der Waals surface area contributed by atoms with Crippen LogP contribution in [-0.4, -0.2) is 32.9 Å². The van der Waals surface area contributed by atoms with Crippen LogP contribution in [0.1, 0.15) is 42.1 Å². The number of fused-ring (bicyclic) bond motifs is 1. The summed E-state index contributed by atoms with van der Waals surface area (Å²) in [6.07, 6.45) is 3.97. The van der Waals surface area contributed by atoms with Crippen molar-refractivity contribution in [2.45, 2.75) is 45.2 Å². The van der Waals surface area contributed by atoms with Crippen molar-refractivity contribution < 1.29 is 4.79 Å². The van der Waals surface area contributed by atoms with Gasteiger partial charge in [-0.15, -0.1) is 0 Å². The molecule has 150 valence electrons. The summed E-state index contributed by atoms with van der Waals surface area (Å²) in [5.41, 5.74) is 2.25. The molecule has 1 unspecified atom stereocenters. The molecule has 1 aliphatic heterocycles. The fraction of sp³-hybridized carbons (Fsp3) is 0.348. The highest BCUT2D eigenvalue weighted by molar-refractivity contribution is 7.71. The van der Waals surface area contributed by atoms with Crippen molar-refractivity contribution in [1.29, 1.82) is 0 Å². The summed E-state index contributed by atoms with van der Waals surface area (Å²) >= 11 is 5.45. The molecule has 0 saturated carbocycles. The molecular formula is C23H25N3O2S. The molecular weight excluding hydrogens is 382 g/mol. The van der Waals surface area contributed by atoms with Gasteiger partial charge in [0.05, 0.1) is 10.9 Å². The van der Waals surface area contributed by atoms with Gasteiger partial charge in [0.2, 0.25) is 0 Å². The van der Waals surface area contributed by atoms with Crippen LogP contribution in [0.2, 0.25) is 0 Å². The Morgan fingerprint density at radius 2 is 1.97 bits per heavy atom. The lowest BCUT2D eigenvalue weighted by Crippen LogP contribution is -2.42. The number of aromatic nitrogens is 2. The zero-order chi connectivity index (χ0) is 20.4. The lowest BCUT2D eigenvalue weighted by atomic mass is 10.0. The molecule has 1 fully saturated rings. The van der Waals surface area contributed by atoms with Gasteiger partial charge in [-0.25, -0.2) is 0 Å². The molecule has 1 aliphatic rings. The quantitative estimate of drug-likeness (QED) is 0.656. The van der Waals surface area contributed by atoms with E-state index in [1.807, 2.05) is 35.2 Å². The van der Waals surface area contributed by atoms with Gasteiger partial charge in [0.15, 0.2) is 4.77 Å². The number of hydrogen-bond acceptors (Lipinski definition) is 3. The second-order valence-electron chi connectivity index (χ2n) is 7.73. The molecule has 6 heteroatoms. The number of amides is 1. The second-order valence-corrected chi connectivity index (χ2v) is 8.11. The van der Waals surface area contributed by atoms with Crippen LogP contribution >= 0.6 is 12.2 Å². The van der Waals surface area contributed by atoms with Crippen LogP contribution < -0.4 is 5.56 Å². The van der Waals surface area contributed by atoms with Crippen LogP contribution in [0.5, 0.6) is 0 Å². The van der Waals surface area contributed by atoms with E-state index in [0.29, 0.717) is 27.8 Å². The molecule has 5 nitrogen and oxygen atoms in total. The van der Waals surface area contributed by atoms with Crippen LogP contribution in [0.25, 0.3) is 10.9 Å². The number of carbonyl (C=O) groups excluding carboxylic acids is 1. The number of piperidine rings is 1. The van der Waals surface area contributed by atoms with Crippen molar-refractivity contribution >= 4 is 29.0 Å². The molecule has 1 saturated heterocycles. The standard InChI is InChI=1S/C23H25N3O2S/c1-16-7-5-6-13-25(16)21(27)18-10-11-19-20(15-18)24-23(29)26(22(19)28)14-12-17-8-3-2-4-9-17/h2-4,8-11,15-16H,5-7,12-14H2,1H3,(H,24,29). The number of benzene rings is 2. The Morgan fingerprint density at radius 1 is 1.17 bits per heavy atom. The van der Waals surface area contributed by atoms with E-state index in [2.05, 4.69) is 11.9 Å². The summed E-state index contributed by atoms with van der Waals surface area (Å²) in [6, 6.07) is 15.5. The molecule has 0 radical (unpaired) electrons. The summed E-state index contributed by atoms with van der Waals surface area (Å²) in [4.78, 5) is 31.0. The molecule has 1 aromatic heterocycles. The lowest BCUT2D eigenvalue weighted by Gasteiger charge is -2.33. The van der Waals surface area contributed by atoms with Gasteiger partial charge in [0.25, 0.3) is 11.5 Å². The van der Waals surface area contributed by atoms with Crippen LogP contribution in [0.4, 0.5) is 0 Å². The van der Waals surface area contributed by atoms with E-state index < -0.39 is 0 Å². The maximum atomic E-state index is 13.0. The summed E-state index contributed by atoms with van der Waals surface area (Å²) in [5.74, 6) is 0.0201. The Morgan fingerprint density at radius 3 is 2.72 bits per heavy atom. The third-order valence-electron chi connectivity index (χ3n) is 5.76. The molecule has 0 spiro atoms. The number of nitrogens with one attached hydrogen (secondary N) is 1. The van der Waals surface area contributed by atoms with E-state index in [1.165, 1.54) is 0 Å². The highest BCUT2D eigenvalue weighted by Crippen LogP contribution is 2.20. The number of hydrogen-bond donors (Lipinski definition) is 1. The highest BCUT2D eigenvalue weighted by Gasteiger charge is 2.24. The molecule has 1 atom stereocenters. The Kier molecular flexibility index (Phi) is 5.62. The number of carbonyl (C=O) groups is 1. The zero-order valence-corrected chi connectivity index (χ0v) is 17.4. The van der Waals surface area contributed by atoms with Crippen molar-refractivity contribution in [3.63, 3.8) is 0 Å². The average molecular weight is 408 g/mol. The first kappa shape index (κ1) is 19.6. The maximum absolute atomic E-state index is 13.0. The van der Waals surface area contributed by atoms with Crippen molar-refractivity contribution in [3.8, 4) is 0 Å². The molecule has 1 N–H and O–H groups in total.